The highest BCUT2D eigenvalue weighted by Gasteiger charge is 2.28. The van der Waals surface area contributed by atoms with Crippen molar-refractivity contribution < 1.29 is 19.1 Å². The Bertz CT molecular complexity index is 836. The fraction of sp³-hybridized carbons (Fsp3) is 0.368. The molecule has 0 bridgehead atoms. The van der Waals surface area contributed by atoms with Crippen LogP contribution in [0.1, 0.15) is 46.3 Å². The predicted molar refractivity (Wildman–Crippen MR) is 93.5 cm³/mol. The first-order valence-corrected chi connectivity index (χ1v) is 8.27. The van der Waals surface area contributed by atoms with Crippen LogP contribution < -0.4 is 10.6 Å². The van der Waals surface area contributed by atoms with Crippen LogP contribution in [-0.4, -0.2) is 23.5 Å². The summed E-state index contributed by atoms with van der Waals surface area (Å²) in [5.41, 5.74) is 1.65. The molecule has 6 nitrogen and oxygen atoms in total. The van der Waals surface area contributed by atoms with Crippen molar-refractivity contribution in [2.45, 2.75) is 39.2 Å². The Kier molecular flexibility index (Phi) is 4.39. The Hall–Kier alpha value is -2.60. The van der Waals surface area contributed by atoms with Gasteiger partial charge in [-0.25, -0.2) is 0 Å². The lowest BCUT2D eigenvalue weighted by atomic mass is 9.96. The number of nitrogens with one attached hydrogen (secondary N) is 2. The predicted octanol–water partition coefficient (Wildman–Crippen LogP) is 2.42. The number of anilines is 1. The van der Waals surface area contributed by atoms with Gasteiger partial charge in [0, 0.05) is 23.2 Å². The van der Waals surface area contributed by atoms with Crippen LogP contribution in [0.3, 0.4) is 0 Å². The molecule has 2 heterocycles. The fourth-order valence-corrected chi connectivity index (χ4v) is 3.14. The molecule has 1 aromatic heterocycles. The van der Waals surface area contributed by atoms with Gasteiger partial charge < -0.3 is 20.2 Å². The van der Waals surface area contributed by atoms with Gasteiger partial charge in [-0.2, -0.15) is 0 Å². The van der Waals surface area contributed by atoms with Crippen LogP contribution >= 0.6 is 0 Å². The molecule has 0 saturated carbocycles. The number of hydrogen-bond donors (Lipinski definition) is 3. The first-order valence-electron chi connectivity index (χ1n) is 8.27. The maximum atomic E-state index is 12.4. The number of aryl methyl sites for hydroxylation is 3. The van der Waals surface area contributed by atoms with Crippen LogP contribution in [-0.2, 0) is 16.8 Å². The molecular formula is C19H22N2O4. The van der Waals surface area contributed by atoms with Gasteiger partial charge in [0.2, 0.25) is 5.91 Å². The number of hydrogen-bond acceptors (Lipinski definition) is 4. The van der Waals surface area contributed by atoms with Crippen LogP contribution in [0, 0.1) is 13.8 Å². The number of fused-ring (bicyclic) bond motifs is 1. The fourth-order valence-electron chi connectivity index (χ4n) is 3.14. The highest BCUT2D eigenvalue weighted by Crippen LogP contribution is 2.27. The van der Waals surface area contributed by atoms with E-state index in [0.29, 0.717) is 29.7 Å². The molecule has 3 rings (SSSR count). The number of furan rings is 1. The lowest BCUT2D eigenvalue weighted by molar-refractivity contribution is -0.116. The quantitative estimate of drug-likeness (QED) is 0.796. The molecule has 2 amide bonds. The third kappa shape index (κ3) is 3.58. The normalized spacial score (nSPS) is 15.9. The van der Waals surface area contributed by atoms with Crippen molar-refractivity contribution in [1.82, 2.24) is 5.32 Å². The lowest BCUT2D eigenvalue weighted by Crippen LogP contribution is -2.38. The number of amides is 2. The van der Waals surface area contributed by atoms with E-state index < -0.39 is 5.60 Å². The molecule has 1 aliphatic heterocycles. The highest BCUT2D eigenvalue weighted by molar-refractivity contribution is 5.97. The monoisotopic (exact) mass is 342 g/mol. The number of carbonyl (C=O) groups excluding carboxylic acids is 2. The Balaban J connectivity index is 1.70. The summed E-state index contributed by atoms with van der Waals surface area (Å²) in [6, 6.07) is 6.97. The van der Waals surface area contributed by atoms with Crippen molar-refractivity contribution in [1.29, 1.82) is 0 Å². The van der Waals surface area contributed by atoms with Gasteiger partial charge >= 0.3 is 0 Å². The minimum Gasteiger partial charge on any atom is -0.466 e. The van der Waals surface area contributed by atoms with Gasteiger partial charge in [-0.3, -0.25) is 9.59 Å². The van der Waals surface area contributed by atoms with Gasteiger partial charge in [-0.15, -0.1) is 0 Å². The average molecular weight is 342 g/mol. The van der Waals surface area contributed by atoms with Crippen molar-refractivity contribution in [3.05, 3.63) is 52.5 Å². The molecule has 2 aromatic rings. The third-order valence-electron chi connectivity index (χ3n) is 4.48. The van der Waals surface area contributed by atoms with Crippen LogP contribution in [0.25, 0.3) is 0 Å². The van der Waals surface area contributed by atoms with Crippen molar-refractivity contribution >= 4 is 17.5 Å². The van der Waals surface area contributed by atoms with Crippen molar-refractivity contribution in [2.24, 2.45) is 0 Å². The van der Waals surface area contributed by atoms with Gasteiger partial charge in [0.05, 0.1) is 6.54 Å². The zero-order valence-corrected chi connectivity index (χ0v) is 14.6. The molecule has 0 fully saturated rings. The van der Waals surface area contributed by atoms with Crippen molar-refractivity contribution in [3.8, 4) is 0 Å². The van der Waals surface area contributed by atoms with E-state index in [-0.39, 0.29) is 18.4 Å². The lowest BCUT2D eigenvalue weighted by Gasteiger charge is -2.23. The van der Waals surface area contributed by atoms with Crippen LogP contribution in [0.2, 0.25) is 0 Å². The average Bonchev–Trinajstić information content (AvgIpc) is 2.91. The number of carbonyl (C=O) groups is 2. The Labute approximate surface area is 146 Å². The van der Waals surface area contributed by atoms with Crippen molar-refractivity contribution in [3.63, 3.8) is 0 Å². The first kappa shape index (κ1) is 17.2. The first-order chi connectivity index (χ1) is 11.8. The largest absolute Gasteiger partial charge is 0.466 e. The summed E-state index contributed by atoms with van der Waals surface area (Å²) in [5, 5.41) is 16.2. The highest BCUT2D eigenvalue weighted by atomic mass is 16.3. The number of benzene rings is 1. The van der Waals surface area contributed by atoms with E-state index in [1.165, 1.54) is 0 Å². The molecule has 1 atom stereocenters. The van der Waals surface area contributed by atoms with Gasteiger partial charge in [0.15, 0.2) is 0 Å². The van der Waals surface area contributed by atoms with E-state index in [1.54, 1.807) is 38.1 Å². The topological polar surface area (TPSA) is 91.6 Å². The molecule has 0 unspecified atom stereocenters. The summed E-state index contributed by atoms with van der Waals surface area (Å²) in [4.78, 5) is 23.8. The van der Waals surface area contributed by atoms with E-state index >= 15 is 0 Å². The zero-order chi connectivity index (χ0) is 18.2. The Morgan fingerprint density at radius 1 is 1.32 bits per heavy atom. The molecule has 0 radical (unpaired) electrons. The smallest absolute Gasteiger partial charge is 0.251 e. The van der Waals surface area contributed by atoms with E-state index in [2.05, 4.69) is 10.6 Å². The summed E-state index contributed by atoms with van der Waals surface area (Å²) in [6.07, 6.45) is 1.04. The molecule has 0 spiro atoms. The molecule has 1 aliphatic rings. The van der Waals surface area contributed by atoms with Crippen LogP contribution in [0.15, 0.2) is 28.7 Å². The van der Waals surface area contributed by atoms with E-state index in [1.807, 2.05) is 6.92 Å². The van der Waals surface area contributed by atoms with Gasteiger partial charge in [0.25, 0.3) is 5.91 Å². The van der Waals surface area contributed by atoms with Gasteiger partial charge in [0.1, 0.15) is 17.1 Å². The SMILES string of the molecule is Cc1cc([C@@](C)(O)CNC(=O)c2ccc3c(c2)CCC(=O)N3)c(C)o1. The molecule has 3 N–H and O–H groups in total. The van der Waals surface area contributed by atoms with E-state index in [9.17, 15) is 14.7 Å². The minimum absolute atomic E-state index is 0.00785. The van der Waals surface area contributed by atoms with Crippen LogP contribution in [0.5, 0.6) is 0 Å². The second kappa shape index (κ2) is 6.37. The molecule has 0 aliphatic carbocycles. The third-order valence-corrected chi connectivity index (χ3v) is 4.48. The van der Waals surface area contributed by atoms with E-state index in [4.69, 9.17) is 4.42 Å². The number of aliphatic hydroxyl groups is 1. The Morgan fingerprint density at radius 3 is 2.76 bits per heavy atom. The second-order valence-electron chi connectivity index (χ2n) is 6.70. The standard InChI is InChI=1S/C19H22N2O4/c1-11-8-15(12(2)25-11)19(3,24)10-20-18(23)14-4-6-16-13(9-14)5-7-17(22)21-16/h4,6,8-9,24H,5,7,10H2,1-3H3,(H,20,23)(H,21,22)/t19-/m0/s1. The summed E-state index contributed by atoms with van der Waals surface area (Å²) in [6.45, 7) is 5.32. The van der Waals surface area contributed by atoms with Gasteiger partial charge in [-0.1, -0.05) is 0 Å². The molecule has 1 aromatic carbocycles. The molecule has 132 valence electrons. The number of rotatable bonds is 4. The van der Waals surface area contributed by atoms with Gasteiger partial charge in [-0.05, 0) is 57.0 Å². The summed E-state index contributed by atoms with van der Waals surface area (Å²) < 4.78 is 5.46. The van der Waals surface area contributed by atoms with E-state index in [0.717, 1.165) is 17.0 Å². The van der Waals surface area contributed by atoms with Crippen molar-refractivity contribution in [2.75, 3.05) is 11.9 Å². The second-order valence-corrected chi connectivity index (χ2v) is 6.70. The minimum atomic E-state index is -1.22. The maximum Gasteiger partial charge on any atom is 0.251 e. The summed E-state index contributed by atoms with van der Waals surface area (Å²) in [5.74, 6) is 1.08. The summed E-state index contributed by atoms with van der Waals surface area (Å²) >= 11 is 0. The van der Waals surface area contributed by atoms with Crippen LogP contribution in [0.4, 0.5) is 5.69 Å². The Morgan fingerprint density at radius 2 is 2.08 bits per heavy atom. The summed E-state index contributed by atoms with van der Waals surface area (Å²) in [7, 11) is 0. The zero-order valence-electron chi connectivity index (χ0n) is 14.6. The molecule has 25 heavy (non-hydrogen) atoms. The molecule has 0 saturated heterocycles. The molecular weight excluding hydrogens is 320 g/mol. The molecule has 6 heteroatoms. The maximum absolute atomic E-state index is 12.4.